The van der Waals surface area contributed by atoms with Gasteiger partial charge in [-0.3, -0.25) is 4.79 Å². The SMILES string of the molecule is CC(O)C1CCN(C(=O)COc2ccc(N)cc2)CC1. The fraction of sp³-hybridized carbons (Fsp3) is 0.533. The van der Waals surface area contributed by atoms with Gasteiger partial charge < -0.3 is 20.5 Å². The van der Waals surface area contributed by atoms with Crippen LogP contribution < -0.4 is 10.5 Å². The first kappa shape index (κ1) is 14.7. The summed E-state index contributed by atoms with van der Waals surface area (Å²) in [5, 5.41) is 9.54. The number of hydrogen-bond donors (Lipinski definition) is 2. The first-order valence-corrected chi connectivity index (χ1v) is 7.00. The number of nitrogens with zero attached hydrogens (tertiary/aromatic N) is 1. The number of likely N-dealkylation sites (tertiary alicyclic amines) is 1. The molecule has 0 spiro atoms. The topological polar surface area (TPSA) is 75.8 Å². The summed E-state index contributed by atoms with van der Waals surface area (Å²) in [4.78, 5) is 13.8. The fourth-order valence-corrected chi connectivity index (χ4v) is 2.43. The maximum absolute atomic E-state index is 12.0. The third kappa shape index (κ3) is 3.87. The second kappa shape index (κ2) is 6.61. The van der Waals surface area contributed by atoms with Gasteiger partial charge in [0, 0.05) is 18.8 Å². The third-order valence-corrected chi connectivity index (χ3v) is 3.82. The molecule has 1 amide bonds. The molecule has 1 unspecified atom stereocenters. The van der Waals surface area contributed by atoms with Crippen molar-refractivity contribution in [3.63, 3.8) is 0 Å². The summed E-state index contributed by atoms with van der Waals surface area (Å²) < 4.78 is 5.45. The van der Waals surface area contributed by atoms with E-state index in [1.54, 1.807) is 29.2 Å². The summed E-state index contributed by atoms with van der Waals surface area (Å²) in [7, 11) is 0. The van der Waals surface area contributed by atoms with Crippen LogP contribution in [0.1, 0.15) is 19.8 Å². The summed E-state index contributed by atoms with van der Waals surface area (Å²) in [6.07, 6.45) is 1.41. The Labute approximate surface area is 119 Å². The van der Waals surface area contributed by atoms with Crippen LogP contribution in [0.2, 0.25) is 0 Å². The number of carbonyl (C=O) groups is 1. The van der Waals surface area contributed by atoms with E-state index in [-0.39, 0.29) is 18.6 Å². The maximum atomic E-state index is 12.0. The lowest BCUT2D eigenvalue weighted by Crippen LogP contribution is -2.42. The number of rotatable bonds is 4. The van der Waals surface area contributed by atoms with E-state index in [4.69, 9.17) is 10.5 Å². The van der Waals surface area contributed by atoms with Crippen molar-refractivity contribution in [3.05, 3.63) is 24.3 Å². The molecular formula is C15H22N2O3. The van der Waals surface area contributed by atoms with Crippen LogP contribution in [-0.4, -0.2) is 41.7 Å². The number of nitrogen functional groups attached to an aromatic ring is 1. The largest absolute Gasteiger partial charge is 0.484 e. The molecule has 1 aliphatic heterocycles. The molecule has 1 heterocycles. The number of anilines is 1. The van der Waals surface area contributed by atoms with Gasteiger partial charge in [0.2, 0.25) is 0 Å². The van der Waals surface area contributed by atoms with Crippen LogP contribution in [0.25, 0.3) is 0 Å². The Morgan fingerprint density at radius 2 is 2.00 bits per heavy atom. The van der Waals surface area contributed by atoms with Gasteiger partial charge >= 0.3 is 0 Å². The second-order valence-corrected chi connectivity index (χ2v) is 5.32. The molecule has 1 aliphatic rings. The second-order valence-electron chi connectivity index (χ2n) is 5.32. The highest BCUT2D eigenvalue weighted by Gasteiger charge is 2.25. The molecule has 1 aromatic rings. The Morgan fingerprint density at radius 1 is 1.40 bits per heavy atom. The van der Waals surface area contributed by atoms with Crippen molar-refractivity contribution >= 4 is 11.6 Å². The Hall–Kier alpha value is -1.75. The summed E-state index contributed by atoms with van der Waals surface area (Å²) in [5.41, 5.74) is 6.26. The van der Waals surface area contributed by atoms with Gasteiger partial charge in [0.15, 0.2) is 6.61 Å². The molecule has 0 radical (unpaired) electrons. The molecular weight excluding hydrogens is 256 g/mol. The molecule has 1 aromatic carbocycles. The van der Waals surface area contributed by atoms with Crippen molar-refractivity contribution in [2.75, 3.05) is 25.4 Å². The Kier molecular flexibility index (Phi) is 4.84. The zero-order chi connectivity index (χ0) is 14.5. The lowest BCUT2D eigenvalue weighted by atomic mass is 9.92. The first-order valence-electron chi connectivity index (χ1n) is 7.00. The molecule has 110 valence electrons. The van der Waals surface area contributed by atoms with Crippen molar-refractivity contribution in [2.45, 2.75) is 25.9 Å². The van der Waals surface area contributed by atoms with Crippen molar-refractivity contribution in [1.82, 2.24) is 4.90 Å². The predicted molar refractivity (Wildman–Crippen MR) is 77.3 cm³/mol. The number of nitrogens with two attached hydrogens (primary N) is 1. The number of aliphatic hydroxyl groups is 1. The fourth-order valence-electron chi connectivity index (χ4n) is 2.43. The minimum absolute atomic E-state index is 0.00846. The third-order valence-electron chi connectivity index (χ3n) is 3.82. The van der Waals surface area contributed by atoms with Gasteiger partial charge in [-0.1, -0.05) is 0 Å². The molecule has 5 heteroatoms. The molecule has 20 heavy (non-hydrogen) atoms. The van der Waals surface area contributed by atoms with Gasteiger partial charge in [-0.15, -0.1) is 0 Å². The smallest absolute Gasteiger partial charge is 0.260 e. The van der Waals surface area contributed by atoms with E-state index in [1.807, 2.05) is 6.92 Å². The molecule has 0 saturated carbocycles. The molecule has 0 aromatic heterocycles. The van der Waals surface area contributed by atoms with E-state index in [9.17, 15) is 9.90 Å². The Balaban J connectivity index is 1.77. The van der Waals surface area contributed by atoms with Gasteiger partial charge in [-0.2, -0.15) is 0 Å². The molecule has 0 aliphatic carbocycles. The number of piperidine rings is 1. The number of carbonyl (C=O) groups excluding carboxylic acids is 1. The van der Waals surface area contributed by atoms with E-state index < -0.39 is 0 Å². The summed E-state index contributed by atoms with van der Waals surface area (Å²) in [6.45, 7) is 3.24. The minimum Gasteiger partial charge on any atom is -0.484 e. The molecule has 5 nitrogen and oxygen atoms in total. The molecule has 2 rings (SSSR count). The quantitative estimate of drug-likeness (QED) is 0.813. The van der Waals surface area contributed by atoms with Crippen molar-refractivity contribution in [2.24, 2.45) is 5.92 Å². The van der Waals surface area contributed by atoms with E-state index in [2.05, 4.69) is 0 Å². The monoisotopic (exact) mass is 278 g/mol. The predicted octanol–water partition coefficient (Wildman–Crippen LogP) is 1.27. The lowest BCUT2D eigenvalue weighted by Gasteiger charge is -2.33. The van der Waals surface area contributed by atoms with Crippen molar-refractivity contribution < 1.29 is 14.6 Å². The van der Waals surface area contributed by atoms with Crippen LogP contribution in [0.15, 0.2) is 24.3 Å². The van der Waals surface area contributed by atoms with Crippen LogP contribution >= 0.6 is 0 Å². The van der Waals surface area contributed by atoms with Gasteiger partial charge in [0.05, 0.1) is 6.10 Å². The number of aliphatic hydroxyl groups excluding tert-OH is 1. The zero-order valence-corrected chi connectivity index (χ0v) is 11.8. The van der Waals surface area contributed by atoms with Crippen LogP contribution in [0.3, 0.4) is 0 Å². The maximum Gasteiger partial charge on any atom is 0.260 e. The Morgan fingerprint density at radius 3 is 2.55 bits per heavy atom. The Bertz CT molecular complexity index is 437. The standard InChI is InChI=1S/C15H22N2O3/c1-11(18)12-6-8-17(9-7-12)15(19)10-20-14-4-2-13(16)3-5-14/h2-5,11-12,18H,6-10,16H2,1H3. The van der Waals surface area contributed by atoms with E-state index in [1.165, 1.54) is 0 Å². The minimum atomic E-state index is -0.293. The molecule has 1 atom stereocenters. The highest BCUT2D eigenvalue weighted by molar-refractivity contribution is 5.77. The highest BCUT2D eigenvalue weighted by atomic mass is 16.5. The number of benzene rings is 1. The number of amides is 1. The van der Waals surface area contributed by atoms with Gasteiger partial charge in [-0.05, 0) is 49.9 Å². The lowest BCUT2D eigenvalue weighted by molar-refractivity contribution is -0.135. The molecule has 1 fully saturated rings. The van der Waals surface area contributed by atoms with E-state index in [0.717, 1.165) is 12.8 Å². The summed E-state index contributed by atoms with van der Waals surface area (Å²) in [6, 6.07) is 6.99. The molecule has 0 bridgehead atoms. The van der Waals surface area contributed by atoms with Crippen LogP contribution in [-0.2, 0) is 4.79 Å². The normalized spacial score (nSPS) is 17.8. The number of hydrogen-bond acceptors (Lipinski definition) is 4. The average Bonchev–Trinajstić information content (AvgIpc) is 2.46. The highest BCUT2D eigenvalue weighted by Crippen LogP contribution is 2.20. The molecule has 3 N–H and O–H groups in total. The first-order chi connectivity index (χ1) is 9.56. The van der Waals surface area contributed by atoms with Crippen LogP contribution in [0, 0.1) is 5.92 Å². The van der Waals surface area contributed by atoms with Gasteiger partial charge in [-0.25, -0.2) is 0 Å². The van der Waals surface area contributed by atoms with Gasteiger partial charge in [0.1, 0.15) is 5.75 Å². The average molecular weight is 278 g/mol. The summed E-state index contributed by atoms with van der Waals surface area (Å²) >= 11 is 0. The van der Waals surface area contributed by atoms with Crippen molar-refractivity contribution in [3.8, 4) is 5.75 Å². The van der Waals surface area contributed by atoms with Crippen LogP contribution in [0.4, 0.5) is 5.69 Å². The van der Waals surface area contributed by atoms with Gasteiger partial charge in [0.25, 0.3) is 5.91 Å². The number of ether oxygens (including phenoxy) is 1. The molecule has 1 saturated heterocycles. The van der Waals surface area contributed by atoms with Crippen molar-refractivity contribution in [1.29, 1.82) is 0 Å². The summed E-state index contributed by atoms with van der Waals surface area (Å²) in [5.74, 6) is 0.939. The van der Waals surface area contributed by atoms with Crippen LogP contribution in [0.5, 0.6) is 5.75 Å². The van der Waals surface area contributed by atoms with E-state index >= 15 is 0 Å². The zero-order valence-electron chi connectivity index (χ0n) is 11.8. The van der Waals surface area contributed by atoms with E-state index in [0.29, 0.717) is 30.4 Å².